The Balaban J connectivity index is 2.04. The Morgan fingerprint density at radius 3 is 2.59 bits per heavy atom. The molecule has 1 N–H and O–H groups in total. The molecule has 22 heavy (non-hydrogen) atoms. The summed E-state index contributed by atoms with van der Waals surface area (Å²) in [6.45, 7) is 0. The third-order valence-electron chi connectivity index (χ3n) is 4.05. The van der Waals surface area contributed by atoms with E-state index >= 15 is 0 Å². The van der Waals surface area contributed by atoms with Crippen LogP contribution in [0.5, 0.6) is 5.75 Å². The molecule has 0 bridgehead atoms. The van der Waals surface area contributed by atoms with Gasteiger partial charge in [0, 0.05) is 18.1 Å². The van der Waals surface area contributed by atoms with Gasteiger partial charge in [-0.2, -0.15) is 0 Å². The van der Waals surface area contributed by atoms with Crippen molar-refractivity contribution in [2.75, 3.05) is 19.5 Å². The first-order chi connectivity index (χ1) is 10.5. The molecular weight excluding hydrogens is 304 g/mol. The van der Waals surface area contributed by atoms with E-state index in [0.717, 1.165) is 25.7 Å². The first-order valence-corrected chi connectivity index (χ1v) is 7.82. The van der Waals surface area contributed by atoms with E-state index in [4.69, 9.17) is 16.3 Å². The minimum Gasteiger partial charge on any atom is -0.495 e. The predicted octanol–water partition coefficient (Wildman–Crippen LogP) is 3.08. The minimum absolute atomic E-state index is 0.147. The van der Waals surface area contributed by atoms with Gasteiger partial charge in [-0.1, -0.05) is 30.9 Å². The Bertz CT molecular complexity index is 556. The number of methoxy groups -OCH3 is 1. The zero-order chi connectivity index (χ0) is 16.1. The van der Waals surface area contributed by atoms with E-state index in [1.54, 1.807) is 30.1 Å². The van der Waals surface area contributed by atoms with Crippen molar-refractivity contribution >= 4 is 29.1 Å². The van der Waals surface area contributed by atoms with E-state index < -0.39 is 11.8 Å². The van der Waals surface area contributed by atoms with Crippen LogP contribution in [0.15, 0.2) is 18.2 Å². The monoisotopic (exact) mass is 324 g/mol. The standard InChI is InChI=1S/C16H21ClN2O3/c1-19(12-6-4-3-5-7-12)16(21)15(20)18-13-10-11(17)8-9-14(13)22-2/h8-10,12H,3-7H2,1-2H3,(H,18,20). The Morgan fingerprint density at radius 2 is 1.95 bits per heavy atom. The number of halogens is 1. The molecule has 0 heterocycles. The fraction of sp³-hybridized carbons (Fsp3) is 0.500. The summed E-state index contributed by atoms with van der Waals surface area (Å²) in [5.41, 5.74) is 0.394. The van der Waals surface area contributed by atoms with Gasteiger partial charge >= 0.3 is 11.8 Å². The van der Waals surface area contributed by atoms with Gasteiger partial charge in [0.25, 0.3) is 0 Å². The van der Waals surface area contributed by atoms with Crippen molar-refractivity contribution in [3.63, 3.8) is 0 Å². The van der Waals surface area contributed by atoms with Crippen LogP contribution in [0, 0.1) is 0 Å². The number of hydrogen-bond acceptors (Lipinski definition) is 3. The van der Waals surface area contributed by atoms with Gasteiger partial charge in [-0.15, -0.1) is 0 Å². The quantitative estimate of drug-likeness (QED) is 0.869. The predicted molar refractivity (Wildman–Crippen MR) is 86.3 cm³/mol. The van der Waals surface area contributed by atoms with Gasteiger partial charge < -0.3 is 15.0 Å². The lowest BCUT2D eigenvalue weighted by atomic mass is 9.94. The summed E-state index contributed by atoms with van der Waals surface area (Å²) in [5.74, 6) is -0.742. The Labute approximate surface area is 135 Å². The highest BCUT2D eigenvalue weighted by molar-refractivity contribution is 6.40. The van der Waals surface area contributed by atoms with Crippen molar-refractivity contribution in [3.8, 4) is 5.75 Å². The molecule has 2 rings (SSSR count). The third kappa shape index (κ3) is 3.91. The molecule has 1 aliphatic carbocycles. The number of anilines is 1. The number of nitrogens with zero attached hydrogens (tertiary/aromatic N) is 1. The summed E-state index contributed by atoms with van der Waals surface area (Å²) in [4.78, 5) is 26.0. The maximum atomic E-state index is 12.3. The number of likely N-dealkylation sites (N-methyl/N-ethyl adjacent to an activating group) is 1. The molecule has 6 heteroatoms. The molecule has 0 unspecified atom stereocenters. The molecule has 1 fully saturated rings. The minimum atomic E-state index is -0.673. The van der Waals surface area contributed by atoms with Crippen molar-refractivity contribution in [2.24, 2.45) is 0 Å². The van der Waals surface area contributed by atoms with E-state index in [-0.39, 0.29) is 6.04 Å². The van der Waals surface area contributed by atoms with Gasteiger partial charge in [-0.25, -0.2) is 0 Å². The molecule has 0 radical (unpaired) electrons. The molecule has 0 spiro atoms. The smallest absolute Gasteiger partial charge is 0.314 e. The lowest BCUT2D eigenvalue weighted by Crippen LogP contribution is -2.44. The Kier molecular flexibility index (Phi) is 5.66. The molecule has 5 nitrogen and oxygen atoms in total. The Morgan fingerprint density at radius 1 is 1.27 bits per heavy atom. The van der Waals surface area contributed by atoms with Crippen LogP contribution >= 0.6 is 11.6 Å². The fourth-order valence-electron chi connectivity index (χ4n) is 2.75. The highest BCUT2D eigenvalue weighted by Crippen LogP contribution is 2.28. The molecule has 2 amide bonds. The summed E-state index contributed by atoms with van der Waals surface area (Å²) in [6, 6.07) is 5.01. The molecule has 1 aromatic carbocycles. The van der Waals surface area contributed by atoms with E-state index in [0.29, 0.717) is 16.5 Å². The molecule has 0 atom stereocenters. The van der Waals surface area contributed by atoms with Crippen LogP contribution in [0.3, 0.4) is 0 Å². The molecule has 0 aliphatic heterocycles. The SMILES string of the molecule is COc1ccc(Cl)cc1NC(=O)C(=O)N(C)C1CCCCC1. The second-order valence-corrected chi connectivity index (χ2v) is 5.94. The number of carbonyl (C=O) groups is 2. The van der Waals surface area contributed by atoms with Crippen LogP contribution in [-0.2, 0) is 9.59 Å². The van der Waals surface area contributed by atoms with Crippen molar-refractivity contribution < 1.29 is 14.3 Å². The molecule has 1 aliphatic rings. The second-order valence-electron chi connectivity index (χ2n) is 5.51. The zero-order valence-corrected chi connectivity index (χ0v) is 13.7. The first-order valence-electron chi connectivity index (χ1n) is 7.44. The van der Waals surface area contributed by atoms with Crippen LogP contribution in [-0.4, -0.2) is 36.9 Å². The van der Waals surface area contributed by atoms with Gasteiger partial charge in [-0.3, -0.25) is 9.59 Å². The molecular formula is C16H21ClN2O3. The van der Waals surface area contributed by atoms with Gasteiger partial charge in [-0.05, 0) is 31.0 Å². The number of hydrogen-bond donors (Lipinski definition) is 1. The average molecular weight is 325 g/mol. The fourth-order valence-corrected chi connectivity index (χ4v) is 2.92. The van der Waals surface area contributed by atoms with Crippen LogP contribution in [0.4, 0.5) is 5.69 Å². The van der Waals surface area contributed by atoms with Gasteiger partial charge in [0.15, 0.2) is 0 Å². The largest absolute Gasteiger partial charge is 0.495 e. The number of rotatable bonds is 3. The summed E-state index contributed by atoms with van der Waals surface area (Å²) in [5, 5.41) is 3.04. The number of amides is 2. The maximum absolute atomic E-state index is 12.3. The highest BCUT2D eigenvalue weighted by Gasteiger charge is 2.27. The lowest BCUT2D eigenvalue weighted by Gasteiger charge is -2.30. The van der Waals surface area contributed by atoms with E-state index in [2.05, 4.69) is 5.32 Å². The summed E-state index contributed by atoms with van der Waals surface area (Å²) in [6.07, 6.45) is 5.31. The zero-order valence-electron chi connectivity index (χ0n) is 12.9. The molecule has 1 saturated carbocycles. The van der Waals surface area contributed by atoms with Gasteiger partial charge in [0.1, 0.15) is 5.75 Å². The molecule has 0 aromatic heterocycles. The van der Waals surface area contributed by atoms with E-state index in [1.807, 2.05) is 0 Å². The van der Waals surface area contributed by atoms with E-state index in [9.17, 15) is 9.59 Å². The van der Waals surface area contributed by atoms with Crippen LogP contribution in [0.1, 0.15) is 32.1 Å². The summed E-state index contributed by atoms with van der Waals surface area (Å²) >= 11 is 5.92. The van der Waals surface area contributed by atoms with Crippen molar-refractivity contribution in [1.29, 1.82) is 0 Å². The average Bonchev–Trinajstić information content (AvgIpc) is 2.54. The third-order valence-corrected chi connectivity index (χ3v) is 4.28. The molecule has 120 valence electrons. The first kappa shape index (κ1) is 16.6. The van der Waals surface area contributed by atoms with Crippen LogP contribution in [0.25, 0.3) is 0 Å². The number of ether oxygens (including phenoxy) is 1. The van der Waals surface area contributed by atoms with Crippen LogP contribution in [0.2, 0.25) is 5.02 Å². The topological polar surface area (TPSA) is 58.6 Å². The number of benzene rings is 1. The van der Waals surface area contributed by atoms with E-state index in [1.165, 1.54) is 13.5 Å². The van der Waals surface area contributed by atoms with Crippen molar-refractivity contribution in [3.05, 3.63) is 23.2 Å². The number of carbonyl (C=O) groups excluding carboxylic acids is 2. The van der Waals surface area contributed by atoms with Gasteiger partial charge in [0.2, 0.25) is 0 Å². The van der Waals surface area contributed by atoms with Gasteiger partial charge in [0.05, 0.1) is 12.8 Å². The highest BCUT2D eigenvalue weighted by atomic mass is 35.5. The van der Waals surface area contributed by atoms with Crippen molar-refractivity contribution in [2.45, 2.75) is 38.1 Å². The summed E-state index contributed by atoms with van der Waals surface area (Å²) in [7, 11) is 3.18. The molecule has 1 aromatic rings. The second kappa shape index (κ2) is 7.49. The van der Waals surface area contributed by atoms with Crippen molar-refractivity contribution in [1.82, 2.24) is 4.90 Å². The summed E-state index contributed by atoms with van der Waals surface area (Å²) < 4.78 is 5.16. The Hall–Kier alpha value is -1.75. The maximum Gasteiger partial charge on any atom is 0.314 e. The normalized spacial score (nSPS) is 15.2. The molecule has 0 saturated heterocycles. The number of nitrogens with one attached hydrogen (secondary N) is 1. The van der Waals surface area contributed by atoms with Crippen LogP contribution < -0.4 is 10.1 Å². The lowest BCUT2D eigenvalue weighted by molar-refractivity contribution is -0.144.